The van der Waals surface area contributed by atoms with Gasteiger partial charge in [-0.15, -0.1) is 11.6 Å². The lowest BCUT2D eigenvalue weighted by molar-refractivity contribution is 0.281. The fourth-order valence-corrected chi connectivity index (χ4v) is 3.09. The Labute approximate surface area is 126 Å². The van der Waals surface area contributed by atoms with Crippen molar-refractivity contribution in [2.45, 2.75) is 31.1 Å². The second kappa shape index (κ2) is 8.38. The van der Waals surface area contributed by atoms with E-state index in [2.05, 4.69) is 5.32 Å². The second-order valence-electron chi connectivity index (χ2n) is 5.33. The molecule has 2 atom stereocenters. The maximum atomic E-state index is 6.20. The van der Waals surface area contributed by atoms with Crippen LogP contribution in [0.2, 0.25) is 0 Å². The molecule has 0 heterocycles. The molecular weight excluding hydrogens is 274 g/mol. The Balaban J connectivity index is 1.61. The number of benzene rings is 1. The first-order chi connectivity index (χ1) is 9.79. The number of halogens is 1. The number of rotatable bonds is 7. The molecule has 1 aromatic carbocycles. The van der Waals surface area contributed by atoms with Gasteiger partial charge in [-0.05, 0) is 43.9 Å². The first-order valence-corrected chi connectivity index (χ1v) is 7.84. The molecule has 0 radical (unpaired) electrons. The van der Waals surface area contributed by atoms with Crippen molar-refractivity contribution in [3.8, 4) is 11.5 Å². The fourth-order valence-electron chi connectivity index (χ4n) is 2.69. The largest absolute Gasteiger partial charge is 0.493 e. The van der Waals surface area contributed by atoms with Crippen LogP contribution in [0.5, 0.6) is 11.5 Å². The summed E-state index contributed by atoms with van der Waals surface area (Å²) in [5, 5.41) is 3.83. The van der Waals surface area contributed by atoms with Gasteiger partial charge in [0.05, 0.1) is 7.11 Å². The standard InChI is InChI=1S/C16H24ClNO2/c1-19-15-7-2-3-8-16(15)20-10-9-18-12-13-5-4-6-14(17)11-13/h2-3,7-8,13-14,18H,4-6,9-12H2,1H3. The third-order valence-corrected chi connectivity index (χ3v) is 4.15. The Morgan fingerprint density at radius 2 is 2.05 bits per heavy atom. The van der Waals surface area contributed by atoms with Crippen LogP contribution in [0.4, 0.5) is 0 Å². The Morgan fingerprint density at radius 3 is 2.80 bits per heavy atom. The van der Waals surface area contributed by atoms with Crippen molar-refractivity contribution in [3.63, 3.8) is 0 Å². The molecule has 20 heavy (non-hydrogen) atoms. The molecule has 112 valence electrons. The molecule has 0 aliphatic heterocycles. The Kier molecular flexibility index (Phi) is 6.48. The van der Waals surface area contributed by atoms with Gasteiger partial charge in [-0.2, -0.15) is 0 Å². The van der Waals surface area contributed by atoms with Gasteiger partial charge in [0.25, 0.3) is 0 Å². The number of hydrogen-bond acceptors (Lipinski definition) is 3. The zero-order valence-electron chi connectivity index (χ0n) is 12.1. The molecule has 1 fully saturated rings. The Bertz CT molecular complexity index is 400. The Morgan fingerprint density at radius 1 is 1.25 bits per heavy atom. The van der Waals surface area contributed by atoms with Gasteiger partial charge in [0.1, 0.15) is 6.61 Å². The zero-order valence-corrected chi connectivity index (χ0v) is 12.9. The number of ether oxygens (including phenoxy) is 2. The molecule has 0 spiro atoms. The molecule has 0 amide bonds. The van der Waals surface area contributed by atoms with Crippen LogP contribution in [0.1, 0.15) is 25.7 Å². The van der Waals surface area contributed by atoms with Crippen molar-refractivity contribution in [3.05, 3.63) is 24.3 Å². The highest BCUT2D eigenvalue weighted by Crippen LogP contribution is 2.27. The lowest BCUT2D eigenvalue weighted by atomic mass is 9.89. The number of nitrogens with one attached hydrogen (secondary N) is 1. The average molecular weight is 298 g/mol. The van der Waals surface area contributed by atoms with Crippen molar-refractivity contribution in [2.75, 3.05) is 26.8 Å². The monoisotopic (exact) mass is 297 g/mol. The topological polar surface area (TPSA) is 30.5 Å². The minimum Gasteiger partial charge on any atom is -0.493 e. The smallest absolute Gasteiger partial charge is 0.161 e. The quantitative estimate of drug-likeness (QED) is 0.617. The van der Waals surface area contributed by atoms with E-state index in [1.54, 1.807) is 7.11 Å². The first-order valence-electron chi connectivity index (χ1n) is 7.40. The van der Waals surface area contributed by atoms with Crippen LogP contribution in [0, 0.1) is 5.92 Å². The molecule has 1 aliphatic carbocycles. The van der Waals surface area contributed by atoms with Crippen molar-refractivity contribution >= 4 is 11.6 Å². The number of methoxy groups -OCH3 is 1. The van der Waals surface area contributed by atoms with Crippen molar-refractivity contribution in [1.29, 1.82) is 0 Å². The minimum atomic E-state index is 0.375. The van der Waals surface area contributed by atoms with E-state index >= 15 is 0 Å². The normalized spacial score (nSPS) is 22.5. The Hall–Kier alpha value is -0.930. The molecule has 3 nitrogen and oxygen atoms in total. The zero-order chi connectivity index (χ0) is 14.2. The molecule has 0 saturated heterocycles. The highest BCUT2D eigenvalue weighted by atomic mass is 35.5. The van der Waals surface area contributed by atoms with Gasteiger partial charge in [-0.1, -0.05) is 18.6 Å². The van der Waals surface area contributed by atoms with Crippen LogP contribution in [0.15, 0.2) is 24.3 Å². The summed E-state index contributed by atoms with van der Waals surface area (Å²) in [7, 11) is 1.66. The first kappa shape index (κ1) is 15.5. The second-order valence-corrected chi connectivity index (χ2v) is 5.95. The van der Waals surface area contributed by atoms with Gasteiger partial charge >= 0.3 is 0 Å². The molecule has 2 unspecified atom stereocenters. The van der Waals surface area contributed by atoms with Crippen molar-refractivity contribution in [2.24, 2.45) is 5.92 Å². The van der Waals surface area contributed by atoms with Crippen LogP contribution < -0.4 is 14.8 Å². The molecule has 1 aromatic rings. The van der Waals surface area contributed by atoms with E-state index in [1.807, 2.05) is 24.3 Å². The van der Waals surface area contributed by atoms with Gasteiger partial charge in [0.2, 0.25) is 0 Å². The summed E-state index contributed by atoms with van der Waals surface area (Å²) < 4.78 is 11.0. The summed E-state index contributed by atoms with van der Waals surface area (Å²) in [5.41, 5.74) is 0. The summed E-state index contributed by atoms with van der Waals surface area (Å²) in [5.74, 6) is 2.30. The molecular formula is C16H24ClNO2. The summed E-state index contributed by atoms with van der Waals surface area (Å²) >= 11 is 6.20. The highest BCUT2D eigenvalue weighted by molar-refractivity contribution is 6.20. The van der Waals surface area contributed by atoms with Crippen molar-refractivity contribution in [1.82, 2.24) is 5.32 Å². The highest BCUT2D eigenvalue weighted by Gasteiger charge is 2.19. The third-order valence-electron chi connectivity index (χ3n) is 3.76. The van der Waals surface area contributed by atoms with Gasteiger partial charge in [0.15, 0.2) is 11.5 Å². The average Bonchev–Trinajstić information content (AvgIpc) is 2.47. The number of alkyl halides is 1. The molecule has 1 aliphatic rings. The molecule has 0 aromatic heterocycles. The minimum absolute atomic E-state index is 0.375. The van der Waals surface area contributed by atoms with E-state index in [0.29, 0.717) is 12.0 Å². The van der Waals surface area contributed by atoms with Crippen LogP contribution in [0.25, 0.3) is 0 Å². The van der Waals surface area contributed by atoms with Gasteiger partial charge < -0.3 is 14.8 Å². The lowest BCUT2D eigenvalue weighted by Crippen LogP contribution is -2.30. The molecule has 4 heteroatoms. The molecule has 1 N–H and O–H groups in total. The molecule has 1 saturated carbocycles. The van der Waals surface area contributed by atoms with Crippen LogP contribution >= 0.6 is 11.6 Å². The van der Waals surface area contributed by atoms with Crippen LogP contribution in [-0.2, 0) is 0 Å². The van der Waals surface area contributed by atoms with E-state index in [0.717, 1.165) is 36.9 Å². The third kappa shape index (κ3) is 4.88. The summed E-state index contributed by atoms with van der Waals surface area (Å²) in [6, 6.07) is 7.73. The summed E-state index contributed by atoms with van der Waals surface area (Å²) in [6.07, 6.45) is 4.87. The maximum Gasteiger partial charge on any atom is 0.161 e. The SMILES string of the molecule is COc1ccccc1OCCNCC1CCCC(Cl)C1. The van der Waals surface area contributed by atoms with Crippen molar-refractivity contribution < 1.29 is 9.47 Å². The summed E-state index contributed by atoms with van der Waals surface area (Å²) in [6.45, 7) is 2.54. The molecule has 0 bridgehead atoms. The predicted octanol–water partition coefficient (Wildman–Crippen LogP) is 3.46. The van der Waals surface area contributed by atoms with E-state index in [4.69, 9.17) is 21.1 Å². The van der Waals surface area contributed by atoms with E-state index in [9.17, 15) is 0 Å². The lowest BCUT2D eigenvalue weighted by Gasteiger charge is -2.25. The number of para-hydroxylation sites is 2. The maximum absolute atomic E-state index is 6.20. The van der Waals surface area contributed by atoms with Gasteiger partial charge in [0, 0.05) is 11.9 Å². The van der Waals surface area contributed by atoms with Crippen LogP contribution in [-0.4, -0.2) is 32.2 Å². The van der Waals surface area contributed by atoms with Gasteiger partial charge in [-0.25, -0.2) is 0 Å². The summed E-state index contributed by atoms with van der Waals surface area (Å²) in [4.78, 5) is 0. The van der Waals surface area contributed by atoms with E-state index < -0.39 is 0 Å². The van der Waals surface area contributed by atoms with Crippen LogP contribution in [0.3, 0.4) is 0 Å². The fraction of sp³-hybridized carbons (Fsp3) is 0.625. The van der Waals surface area contributed by atoms with E-state index in [1.165, 1.54) is 19.3 Å². The molecule has 2 rings (SSSR count). The van der Waals surface area contributed by atoms with E-state index in [-0.39, 0.29) is 0 Å². The number of hydrogen-bond donors (Lipinski definition) is 1. The predicted molar refractivity (Wildman–Crippen MR) is 83.0 cm³/mol. The van der Waals surface area contributed by atoms with Gasteiger partial charge in [-0.3, -0.25) is 0 Å².